The minimum absolute atomic E-state index is 0.351. The fourth-order valence-electron chi connectivity index (χ4n) is 1.80. The lowest BCUT2D eigenvalue weighted by atomic mass is 9.97. The number of methoxy groups -OCH3 is 1. The second kappa shape index (κ2) is 5.23. The van der Waals surface area contributed by atoms with Crippen molar-refractivity contribution in [1.82, 2.24) is 4.98 Å². The predicted octanol–water partition coefficient (Wildman–Crippen LogP) is 1.30. The first-order chi connectivity index (χ1) is 7.74. The zero-order valence-corrected chi connectivity index (χ0v) is 10.4. The van der Waals surface area contributed by atoms with Gasteiger partial charge in [-0.15, -0.1) is 11.3 Å². The first-order valence-corrected chi connectivity index (χ1v) is 6.43. The predicted molar refractivity (Wildman–Crippen MR) is 63.6 cm³/mol. The molecule has 2 heterocycles. The Labute approximate surface area is 99.8 Å². The topological polar surface area (TPSA) is 57.4 Å². The standard InChI is InChI=1S/C11H18N2O2S/c1-14-5-2-3-10-13-9(7-16-10)11(12)4-6-15-8-11/h7H,2-6,8,12H2,1H3. The van der Waals surface area contributed by atoms with Gasteiger partial charge >= 0.3 is 0 Å². The van der Waals surface area contributed by atoms with Gasteiger partial charge in [-0.05, 0) is 12.8 Å². The van der Waals surface area contributed by atoms with E-state index >= 15 is 0 Å². The Kier molecular flexibility index (Phi) is 3.91. The van der Waals surface area contributed by atoms with Gasteiger partial charge in [0.05, 0.1) is 22.8 Å². The normalized spacial score (nSPS) is 25.1. The number of hydrogen-bond donors (Lipinski definition) is 1. The fourth-order valence-corrected chi connectivity index (χ4v) is 2.75. The number of aromatic nitrogens is 1. The van der Waals surface area contributed by atoms with Gasteiger partial charge in [-0.2, -0.15) is 0 Å². The summed E-state index contributed by atoms with van der Waals surface area (Å²) in [7, 11) is 1.72. The summed E-state index contributed by atoms with van der Waals surface area (Å²) in [6, 6.07) is 0. The van der Waals surface area contributed by atoms with Gasteiger partial charge in [0.15, 0.2) is 0 Å². The van der Waals surface area contributed by atoms with E-state index in [0.717, 1.165) is 43.2 Å². The number of rotatable bonds is 5. The average molecular weight is 242 g/mol. The highest BCUT2D eigenvalue weighted by atomic mass is 32.1. The van der Waals surface area contributed by atoms with Crippen LogP contribution < -0.4 is 5.73 Å². The van der Waals surface area contributed by atoms with Gasteiger partial charge in [0.1, 0.15) is 0 Å². The Morgan fingerprint density at radius 3 is 3.25 bits per heavy atom. The van der Waals surface area contributed by atoms with Crippen molar-refractivity contribution in [2.75, 3.05) is 26.9 Å². The van der Waals surface area contributed by atoms with Gasteiger partial charge in [0, 0.05) is 32.1 Å². The minimum atomic E-state index is -0.351. The minimum Gasteiger partial charge on any atom is -0.385 e. The number of nitrogens with two attached hydrogens (primary N) is 1. The third-order valence-corrected chi connectivity index (χ3v) is 3.76. The number of ether oxygens (including phenoxy) is 2. The molecule has 1 unspecified atom stereocenters. The van der Waals surface area contributed by atoms with E-state index in [1.807, 2.05) is 0 Å². The monoisotopic (exact) mass is 242 g/mol. The van der Waals surface area contributed by atoms with Gasteiger partial charge in [-0.3, -0.25) is 0 Å². The molecule has 0 bridgehead atoms. The summed E-state index contributed by atoms with van der Waals surface area (Å²) in [5.41, 5.74) is 6.88. The molecular formula is C11H18N2O2S. The highest BCUT2D eigenvalue weighted by Crippen LogP contribution is 2.28. The van der Waals surface area contributed by atoms with E-state index in [1.165, 1.54) is 0 Å². The van der Waals surface area contributed by atoms with Crippen LogP contribution in [0.1, 0.15) is 23.5 Å². The zero-order chi connectivity index (χ0) is 11.4. The summed E-state index contributed by atoms with van der Waals surface area (Å²) in [5, 5.41) is 3.21. The van der Waals surface area contributed by atoms with Crippen molar-refractivity contribution in [2.24, 2.45) is 5.73 Å². The smallest absolute Gasteiger partial charge is 0.0929 e. The summed E-state index contributed by atoms with van der Waals surface area (Å²) in [5.74, 6) is 0. The highest BCUT2D eigenvalue weighted by molar-refractivity contribution is 7.09. The molecule has 4 nitrogen and oxygen atoms in total. The van der Waals surface area contributed by atoms with Crippen LogP contribution in [0.4, 0.5) is 0 Å². The third kappa shape index (κ3) is 2.60. The van der Waals surface area contributed by atoms with E-state index < -0.39 is 0 Å². The summed E-state index contributed by atoms with van der Waals surface area (Å²) in [6.07, 6.45) is 2.85. The number of nitrogens with zero attached hydrogens (tertiary/aromatic N) is 1. The maximum Gasteiger partial charge on any atom is 0.0929 e. The molecule has 1 aliphatic rings. The summed E-state index contributed by atoms with van der Waals surface area (Å²) in [4.78, 5) is 4.59. The molecule has 1 saturated heterocycles. The van der Waals surface area contributed by atoms with E-state index in [-0.39, 0.29) is 5.54 Å². The molecule has 0 saturated carbocycles. The Bertz CT molecular complexity index is 334. The lowest BCUT2D eigenvalue weighted by Gasteiger charge is -2.18. The lowest BCUT2D eigenvalue weighted by molar-refractivity contribution is 0.177. The van der Waals surface area contributed by atoms with Crippen LogP contribution >= 0.6 is 11.3 Å². The molecule has 0 radical (unpaired) electrons. The van der Waals surface area contributed by atoms with Crippen molar-refractivity contribution in [1.29, 1.82) is 0 Å². The summed E-state index contributed by atoms with van der Waals surface area (Å²) >= 11 is 1.68. The van der Waals surface area contributed by atoms with E-state index in [4.69, 9.17) is 15.2 Å². The van der Waals surface area contributed by atoms with Crippen molar-refractivity contribution >= 4 is 11.3 Å². The molecule has 5 heteroatoms. The molecule has 0 amide bonds. The van der Waals surface area contributed by atoms with Gasteiger partial charge in [-0.25, -0.2) is 4.98 Å². The second-order valence-electron chi connectivity index (χ2n) is 4.18. The van der Waals surface area contributed by atoms with Crippen molar-refractivity contribution in [2.45, 2.75) is 24.8 Å². The van der Waals surface area contributed by atoms with Crippen LogP contribution in [0.15, 0.2) is 5.38 Å². The summed E-state index contributed by atoms with van der Waals surface area (Å²) in [6.45, 7) is 2.12. The van der Waals surface area contributed by atoms with Gasteiger partial charge in [0.2, 0.25) is 0 Å². The van der Waals surface area contributed by atoms with Crippen LogP contribution in [-0.4, -0.2) is 31.9 Å². The fraction of sp³-hybridized carbons (Fsp3) is 0.727. The van der Waals surface area contributed by atoms with Crippen LogP contribution in [0.25, 0.3) is 0 Å². The quantitative estimate of drug-likeness (QED) is 0.791. The van der Waals surface area contributed by atoms with Crippen molar-refractivity contribution in [3.05, 3.63) is 16.1 Å². The van der Waals surface area contributed by atoms with Crippen molar-refractivity contribution in [3.63, 3.8) is 0 Å². The molecule has 90 valence electrons. The number of aryl methyl sites for hydroxylation is 1. The SMILES string of the molecule is COCCCc1nc(C2(N)CCOC2)cs1. The maximum absolute atomic E-state index is 6.24. The molecular weight excluding hydrogens is 224 g/mol. The largest absolute Gasteiger partial charge is 0.385 e. The zero-order valence-electron chi connectivity index (χ0n) is 9.57. The number of thiazole rings is 1. The van der Waals surface area contributed by atoms with E-state index in [2.05, 4.69) is 10.4 Å². The third-order valence-electron chi connectivity index (χ3n) is 2.85. The molecule has 1 aromatic rings. The molecule has 0 aromatic carbocycles. The number of hydrogen-bond acceptors (Lipinski definition) is 5. The molecule has 1 aliphatic heterocycles. The molecule has 2 rings (SSSR count). The Morgan fingerprint density at radius 2 is 2.56 bits per heavy atom. The maximum atomic E-state index is 6.24. The van der Waals surface area contributed by atoms with Gasteiger partial charge in [-0.1, -0.05) is 0 Å². The van der Waals surface area contributed by atoms with Crippen LogP contribution in [0.5, 0.6) is 0 Å². The molecule has 2 N–H and O–H groups in total. The van der Waals surface area contributed by atoms with Crippen LogP contribution in [0.3, 0.4) is 0 Å². The van der Waals surface area contributed by atoms with Crippen molar-refractivity contribution < 1.29 is 9.47 Å². The van der Waals surface area contributed by atoms with Crippen LogP contribution in [-0.2, 0) is 21.4 Å². The highest BCUT2D eigenvalue weighted by Gasteiger charge is 2.34. The lowest BCUT2D eigenvalue weighted by Crippen LogP contribution is -2.37. The Hall–Kier alpha value is -0.490. The molecule has 16 heavy (non-hydrogen) atoms. The van der Waals surface area contributed by atoms with Crippen LogP contribution in [0.2, 0.25) is 0 Å². The molecule has 1 fully saturated rings. The van der Waals surface area contributed by atoms with Gasteiger partial charge in [0.25, 0.3) is 0 Å². The van der Waals surface area contributed by atoms with Gasteiger partial charge < -0.3 is 15.2 Å². The Morgan fingerprint density at radius 1 is 1.69 bits per heavy atom. The molecule has 0 aliphatic carbocycles. The molecule has 1 aromatic heterocycles. The van der Waals surface area contributed by atoms with E-state index in [0.29, 0.717) is 6.61 Å². The van der Waals surface area contributed by atoms with E-state index in [9.17, 15) is 0 Å². The molecule has 0 spiro atoms. The first kappa shape index (κ1) is 12.0. The Balaban J connectivity index is 1.96. The first-order valence-electron chi connectivity index (χ1n) is 5.55. The van der Waals surface area contributed by atoms with Crippen molar-refractivity contribution in [3.8, 4) is 0 Å². The van der Waals surface area contributed by atoms with Crippen LogP contribution in [0, 0.1) is 0 Å². The van der Waals surface area contributed by atoms with E-state index in [1.54, 1.807) is 18.4 Å². The molecule has 1 atom stereocenters. The second-order valence-corrected chi connectivity index (χ2v) is 5.12. The summed E-state index contributed by atoms with van der Waals surface area (Å²) < 4.78 is 10.4. The average Bonchev–Trinajstić information content (AvgIpc) is 2.88.